The van der Waals surface area contributed by atoms with Crippen molar-refractivity contribution < 1.29 is 41.0 Å². The Hall–Kier alpha value is -2.96. The number of rotatable bonds is 6. The molecule has 0 saturated carbocycles. The number of ether oxygens (including phenoxy) is 3. The van der Waals surface area contributed by atoms with Crippen LogP contribution in [0, 0.1) is 0 Å². The molecule has 0 fully saturated rings. The molecule has 7 nitrogen and oxygen atoms in total. The molecule has 2 atom stereocenters. The molecule has 2 aromatic carbocycles. The maximum Gasteiger partial charge on any atom is 0.416 e. The summed E-state index contributed by atoms with van der Waals surface area (Å²) in [5.41, 5.74) is -1.28. The Morgan fingerprint density at radius 2 is 1.86 bits per heavy atom. The molecular weight excluding hydrogens is 548 g/mol. The Bertz CT molecular complexity index is 1330. The molecule has 3 aromatic rings. The summed E-state index contributed by atoms with van der Waals surface area (Å²) < 4.78 is 86.9. The topological polar surface area (TPSA) is 75.5 Å². The van der Waals surface area contributed by atoms with Crippen molar-refractivity contribution in [1.82, 2.24) is 14.8 Å². The van der Waals surface area contributed by atoms with Crippen molar-refractivity contribution in [2.75, 3.05) is 13.7 Å². The second kappa shape index (κ2) is 10.1. The van der Waals surface area contributed by atoms with Crippen molar-refractivity contribution in [1.29, 1.82) is 0 Å². The first-order valence-corrected chi connectivity index (χ1v) is 11.5. The van der Waals surface area contributed by atoms with Crippen LogP contribution in [-0.2, 0) is 25.8 Å². The molecule has 2 unspecified atom stereocenters. The average Bonchev–Trinajstić information content (AvgIpc) is 3.22. The van der Waals surface area contributed by atoms with Crippen LogP contribution in [0.15, 0.2) is 36.4 Å². The molecule has 0 saturated heterocycles. The van der Waals surface area contributed by atoms with E-state index in [1.54, 1.807) is 6.92 Å². The summed E-state index contributed by atoms with van der Waals surface area (Å²) in [4.78, 5) is 12.4. The van der Waals surface area contributed by atoms with Gasteiger partial charge < -0.3 is 14.2 Å². The normalized spacial score (nSPS) is 17.5. The molecule has 0 N–H and O–H groups in total. The third-order valence-corrected chi connectivity index (χ3v) is 6.13. The van der Waals surface area contributed by atoms with Crippen molar-refractivity contribution in [2.45, 2.75) is 37.1 Å². The first kappa shape index (κ1) is 27.1. The van der Waals surface area contributed by atoms with Crippen molar-refractivity contribution in [3.05, 3.63) is 69.8 Å². The third-order valence-electron chi connectivity index (χ3n) is 5.56. The Kier molecular flexibility index (Phi) is 7.37. The number of hydrogen-bond acceptors (Lipinski definition) is 6. The minimum Gasteiger partial charge on any atom is -0.495 e. The lowest BCUT2D eigenvalue weighted by Gasteiger charge is -2.24. The summed E-state index contributed by atoms with van der Waals surface area (Å²) in [5.74, 6) is -1.93. The van der Waals surface area contributed by atoms with Gasteiger partial charge in [-0.1, -0.05) is 23.7 Å². The van der Waals surface area contributed by atoms with Crippen molar-refractivity contribution >= 4 is 29.2 Å². The molecular formula is C23H18Cl2F5N3O4. The summed E-state index contributed by atoms with van der Waals surface area (Å²) in [6, 6.07) is 6.98. The van der Waals surface area contributed by atoms with E-state index < -0.39 is 47.5 Å². The van der Waals surface area contributed by atoms with Crippen LogP contribution in [0.4, 0.5) is 22.0 Å². The minimum atomic E-state index is -4.77. The lowest BCUT2D eigenvalue weighted by molar-refractivity contribution is -0.147. The van der Waals surface area contributed by atoms with Crippen LogP contribution in [0.1, 0.15) is 53.9 Å². The average molecular weight is 566 g/mol. The molecule has 0 amide bonds. The van der Waals surface area contributed by atoms with Crippen LogP contribution in [0.3, 0.4) is 0 Å². The van der Waals surface area contributed by atoms with E-state index in [2.05, 4.69) is 10.2 Å². The zero-order valence-corrected chi connectivity index (χ0v) is 20.7. The fourth-order valence-corrected chi connectivity index (χ4v) is 4.43. The number of esters is 1. The molecule has 37 heavy (non-hydrogen) atoms. The standard InChI is InChI=1S/C23H18Cl2F5N3O4/c1-3-36-17(34)10-16-20-31-32-21(22(25,26)27)33(20)14-8-7-11(23(28,29)30)9-13(14)19(37-16)12-5-4-6-15(35-2)18(12)24/h4-9,16,19H,3,10H2,1-2H3. The zero-order valence-electron chi connectivity index (χ0n) is 19.2. The minimum absolute atomic E-state index is 0.00816. The summed E-state index contributed by atoms with van der Waals surface area (Å²) in [6.07, 6.45) is -8.05. The third kappa shape index (κ3) is 5.23. The number of aromatic nitrogens is 3. The van der Waals surface area contributed by atoms with Gasteiger partial charge >= 0.3 is 17.5 Å². The Morgan fingerprint density at radius 1 is 1.14 bits per heavy atom. The van der Waals surface area contributed by atoms with E-state index in [0.717, 1.165) is 16.7 Å². The predicted octanol–water partition coefficient (Wildman–Crippen LogP) is 6.35. The summed E-state index contributed by atoms with van der Waals surface area (Å²) in [7, 11) is 1.34. The zero-order chi connectivity index (χ0) is 27.1. The molecule has 14 heteroatoms. The van der Waals surface area contributed by atoms with E-state index >= 15 is 0 Å². The van der Waals surface area contributed by atoms with Crippen molar-refractivity contribution in [3.63, 3.8) is 0 Å². The monoisotopic (exact) mass is 565 g/mol. The quantitative estimate of drug-likeness (QED) is 0.197. The lowest BCUT2D eigenvalue weighted by atomic mass is 9.97. The van der Waals surface area contributed by atoms with E-state index in [9.17, 15) is 26.7 Å². The highest BCUT2D eigenvalue weighted by Crippen LogP contribution is 2.47. The SMILES string of the molecule is CCOC(=O)CC1OC(c2cccc(OC)c2Cl)c2cc(C(F)(F)F)ccc2-n2c1nnc2C(F)(F)Cl. The van der Waals surface area contributed by atoms with Crippen molar-refractivity contribution in [3.8, 4) is 11.4 Å². The van der Waals surface area contributed by atoms with Crippen LogP contribution in [0.2, 0.25) is 5.02 Å². The van der Waals surface area contributed by atoms with Crippen LogP contribution in [0.5, 0.6) is 5.75 Å². The second-order valence-electron chi connectivity index (χ2n) is 7.86. The molecule has 1 aromatic heterocycles. The molecule has 0 spiro atoms. The first-order chi connectivity index (χ1) is 17.4. The van der Waals surface area contributed by atoms with Crippen LogP contribution in [0.25, 0.3) is 5.69 Å². The summed E-state index contributed by atoms with van der Waals surface area (Å²) >= 11 is 11.8. The number of nitrogens with zero attached hydrogens (tertiary/aromatic N) is 3. The molecule has 0 radical (unpaired) electrons. The van der Waals surface area contributed by atoms with Gasteiger partial charge in [-0.15, -0.1) is 10.2 Å². The van der Waals surface area contributed by atoms with Gasteiger partial charge in [0.1, 0.15) is 18.0 Å². The number of hydrogen-bond donors (Lipinski definition) is 0. The first-order valence-electron chi connectivity index (χ1n) is 10.7. The largest absolute Gasteiger partial charge is 0.495 e. The van der Waals surface area contributed by atoms with Crippen LogP contribution < -0.4 is 4.74 Å². The van der Waals surface area contributed by atoms with E-state index in [-0.39, 0.29) is 40.0 Å². The van der Waals surface area contributed by atoms with Gasteiger partial charge in [0.25, 0.3) is 0 Å². The predicted molar refractivity (Wildman–Crippen MR) is 121 cm³/mol. The Morgan fingerprint density at radius 3 is 2.49 bits per heavy atom. The van der Waals surface area contributed by atoms with Crippen LogP contribution >= 0.6 is 23.2 Å². The van der Waals surface area contributed by atoms with Gasteiger partial charge in [-0.25, -0.2) is 0 Å². The number of alkyl halides is 6. The fourth-order valence-electron chi connectivity index (χ4n) is 4.01. The van der Waals surface area contributed by atoms with Gasteiger partial charge in [-0.3, -0.25) is 9.36 Å². The fraction of sp³-hybridized carbons (Fsp3) is 0.348. The second-order valence-corrected chi connectivity index (χ2v) is 8.72. The Balaban J connectivity index is 2.03. The number of halogens is 7. The number of carbonyl (C=O) groups excluding carboxylic acids is 1. The molecule has 4 rings (SSSR count). The highest BCUT2D eigenvalue weighted by atomic mass is 35.5. The lowest BCUT2D eigenvalue weighted by Crippen LogP contribution is -2.18. The van der Waals surface area contributed by atoms with Crippen molar-refractivity contribution in [2.24, 2.45) is 0 Å². The van der Waals surface area contributed by atoms with Gasteiger partial charge in [0.15, 0.2) is 5.82 Å². The van der Waals surface area contributed by atoms with E-state index in [0.29, 0.717) is 6.07 Å². The summed E-state index contributed by atoms with van der Waals surface area (Å²) in [5, 5.41) is 3.17. The maximum absolute atomic E-state index is 14.4. The molecule has 198 valence electrons. The van der Waals surface area contributed by atoms with Gasteiger partial charge in [0, 0.05) is 11.1 Å². The number of fused-ring (bicyclic) bond motifs is 3. The van der Waals surface area contributed by atoms with E-state index in [1.807, 2.05) is 0 Å². The molecule has 1 aliphatic heterocycles. The summed E-state index contributed by atoms with van der Waals surface area (Å²) in [6.45, 7) is 1.58. The number of benzene rings is 2. The molecule has 2 heterocycles. The smallest absolute Gasteiger partial charge is 0.416 e. The molecule has 0 bridgehead atoms. The number of methoxy groups -OCH3 is 1. The molecule has 0 aliphatic carbocycles. The highest BCUT2D eigenvalue weighted by Gasteiger charge is 2.43. The van der Waals surface area contributed by atoms with Crippen LogP contribution in [-0.4, -0.2) is 34.5 Å². The maximum atomic E-state index is 14.4. The van der Waals surface area contributed by atoms with Gasteiger partial charge in [-0.2, -0.15) is 22.0 Å². The number of carbonyl (C=O) groups is 1. The van der Waals surface area contributed by atoms with E-state index in [4.69, 9.17) is 37.4 Å². The van der Waals surface area contributed by atoms with Gasteiger partial charge in [0.2, 0.25) is 5.82 Å². The molecule has 1 aliphatic rings. The van der Waals surface area contributed by atoms with Gasteiger partial charge in [0.05, 0.1) is 36.4 Å². The van der Waals surface area contributed by atoms with E-state index in [1.165, 1.54) is 25.3 Å². The Labute approximate surface area is 217 Å². The van der Waals surface area contributed by atoms with Gasteiger partial charge in [-0.05, 0) is 42.8 Å². The highest BCUT2D eigenvalue weighted by molar-refractivity contribution is 6.33.